The molecule has 2 fully saturated rings. The van der Waals surface area contributed by atoms with Crippen molar-refractivity contribution < 1.29 is 55.4 Å². The molecule has 0 saturated carbocycles. The Kier molecular flexibility index (Phi) is 5.60. The van der Waals surface area contributed by atoms with Crippen LogP contribution in [-0.4, -0.2) is 120 Å². The van der Waals surface area contributed by atoms with Gasteiger partial charge in [-0.15, -0.1) is 0 Å². The van der Waals surface area contributed by atoms with Crippen LogP contribution in [0, 0.1) is 0 Å². The normalized spacial score (nSPS) is 54.9. The number of ether oxygens (including phenoxy) is 2. The van der Waals surface area contributed by atoms with Gasteiger partial charge in [-0.2, -0.15) is 0 Å². The van der Waals surface area contributed by atoms with Crippen LogP contribution in [0.5, 0.6) is 0 Å². The predicted octanol–water partition coefficient (Wildman–Crippen LogP) is -6.01. The average Bonchev–Trinajstić information content (AvgIpc) is 2.54. The zero-order chi connectivity index (χ0) is 17.5. The molecule has 2 unspecified atom stereocenters. The second-order valence-corrected chi connectivity index (χ2v) is 5.77. The molecule has 0 aromatic heterocycles. The Morgan fingerprint density at radius 1 is 0.696 bits per heavy atom. The zero-order valence-corrected chi connectivity index (χ0v) is 12.0. The van der Waals surface area contributed by atoms with Crippen molar-refractivity contribution in [2.45, 2.75) is 60.7 Å². The van der Waals surface area contributed by atoms with Crippen molar-refractivity contribution in [3.05, 3.63) is 0 Å². The summed E-state index contributed by atoms with van der Waals surface area (Å²) in [5, 5.41) is 88.3. The lowest BCUT2D eigenvalue weighted by atomic mass is 9.74. The van der Waals surface area contributed by atoms with E-state index >= 15 is 0 Å². The summed E-state index contributed by atoms with van der Waals surface area (Å²) in [4.78, 5) is 0. The van der Waals surface area contributed by atoms with Gasteiger partial charge < -0.3 is 55.4 Å². The van der Waals surface area contributed by atoms with Crippen LogP contribution in [-0.2, 0) is 9.47 Å². The third kappa shape index (κ3) is 2.88. The lowest BCUT2D eigenvalue weighted by Gasteiger charge is -2.53. The Balaban J connectivity index is 2.38. The molecule has 11 nitrogen and oxygen atoms in total. The van der Waals surface area contributed by atoms with Crippen LogP contribution in [0.1, 0.15) is 0 Å². The van der Waals surface area contributed by atoms with Crippen molar-refractivity contribution >= 4 is 0 Å². The summed E-state index contributed by atoms with van der Waals surface area (Å²) >= 11 is 0. The second-order valence-electron chi connectivity index (χ2n) is 5.77. The highest BCUT2D eigenvalue weighted by atomic mass is 16.6. The smallest absolute Gasteiger partial charge is 0.184 e. The van der Waals surface area contributed by atoms with E-state index in [0.717, 1.165) is 0 Å². The van der Waals surface area contributed by atoms with E-state index < -0.39 is 73.9 Å². The maximum Gasteiger partial charge on any atom is 0.184 e. The number of hydrogen-bond acceptors (Lipinski definition) is 11. The monoisotopic (exact) mass is 342 g/mol. The van der Waals surface area contributed by atoms with Gasteiger partial charge in [0.2, 0.25) is 0 Å². The van der Waals surface area contributed by atoms with Gasteiger partial charge in [-0.1, -0.05) is 0 Å². The second kappa shape index (κ2) is 6.82. The molecule has 2 saturated heterocycles. The molecular formula is C12H22O11. The molecule has 136 valence electrons. The van der Waals surface area contributed by atoms with Gasteiger partial charge in [-0.3, -0.25) is 0 Å². The van der Waals surface area contributed by atoms with E-state index in [1.54, 1.807) is 0 Å². The lowest BCUT2D eigenvalue weighted by molar-refractivity contribution is -0.368. The van der Waals surface area contributed by atoms with Gasteiger partial charge in [0.1, 0.15) is 48.8 Å². The standard InChI is InChI=1S/C12H22O11/c13-1-3-5(15)6(16)7(17)10(22-3)12(21)8(18)4(2-14)23-11(20)9(12)19/h3-11,13-21H,1-2H2/t3-,4-,5+,6+,7-,8+,9+,10?,11?,12+/m1/s1. The highest BCUT2D eigenvalue weighted by Crippen LogP contribution is 2.38. The topological polar surface area (TPSA) is 201 Å². The first-order valence-electron chi connectivity index (χ1n) is 7.03. The van der Waals surface area contributed by atoms with Crippen molar-refractivity contribution in [2.75, 3.05) is 13.2 Å². The molecule has 2 aliphatic rings. The van der Waals surface area contributed by atoms with E-state index in [0.29, 0.717) is 0 Å². The fourth-order valence-corrected chi connectivity index (χ4v) is 2.99. The van der Waals surface area contributed by atoms with Gasteiger partial charge >= 0.3 is 0 Å². The first-order valence-corrected chi connectivity index (χ1v) is 7.03. The maximum atomic E-state index is 10.7. The summed E-state index contributed by atoms with van der Waals surface area (Å²) < 4.78 is 9.86. The Hall–Kier alpha value is -0.440. The van der Waals surface area contributed by atoms with Crippen molar-refractivity contribution in [3.8, 4) is 0 Å². The molecule has 11 heteroatoms. The molecule has 0 radical (unpaired) electrons. The number of aliphatic hydroxyl groups excluding tert-OH is 8. The van der Waals surface area contributed by atoms with E-state index in [9.17, 15) is 35.7 Å². The first kappa shape index (κ1) is 18.9. The van der Waals surface area contributed by atoms with Gasteiger partial charge in [0.15, 0.2) is 11.9 Å². The number of aliphatic hydroxyl groups is 9. The molecule has 0 amide bonds. The molecule has 9 N–H and O–H groups in total. The first-order chi connectivity index (χ1) is 10.7. The Bertz CT molecular complexity index is 406. The summed E-state index contributed by atoms with van der Waals surface area (Å²) in [7, 11) is 0. The summed E-state index contributed by atoms with van der Waals surface area (Å²) in [6.45, 7) is -1.61. The van der Waals surface area contributed by atoms with Gasteiger partial charge in [0.05, 0.1) is 13.2 Å². The Morgan fingerprint density at radius 3 is 1.78 bits per heavy atom. The quantitative estimate of drug-likeness (QED) is 0.236. The Morgan fingerprint density at radius 2 is 1.26 bits per heavy atom. The van der Waals surface area contributed by atoms with Crippen LogP contribution in [0.2, 0.25) is 0 Å². The number of rotatable bonds is 3. The molecule has 0 spiro atoms. The fourth-order valence-electron chi connectivity index (χ4n) is 2.99. The SMILES string of the molecule is OC[C@H]1OC([C@@]2(O)[C@@H](O)C(O)O[C@H](CO)[C@@H]2O)[C@H](O)[C@@H](O)[C@H]1O. The van der Waals surface area contributed by atoms with Gasteiger partial charge in [0.25, 0.3) is 0 Å². The summed E-state index contributed by atoms with van der Waals surface area (Å²) in [6, 6.07) is 0. The number of hydrogen-bond donors (Lipinski definition) is 9. The molecule has 0 aliphatic carbocycles. The minimum atomic E-state index is -2.75. The largest absolute Gasteiger partial charge is 0.394 e. The highest BCUT2D eigenvalue weighted by Gasteiger charge is 2.64. The molecule has 2 heterocycles. The molecule has 2 rings (SSSR count). The van der Waals surface area contributed by atoms with E-state index in [1.807, 2.05) is 0 Å². The third-order valence-corrected chi connectivity index (χ3v) is 4.41. The zero-order valence-electron chi connectivity index (χ0n) is 12.0. The van der Waals surface area contributed by atoms with E-state index in [4.69, 9.17) is 19.7 Å². The van der Waals surface area contributed by atoms with Crippen LogP contribution in [0.15, 0.2) is 0 Å². The average molecular weight is 342 g/mol. The molecule has 2 aliphatic heterocycles. The van der Waals surface area contributed by atoms with Crippen molar-refractivity contribution in [3.63, 3.8) is 0 Å². The van der Waals surface area contributed by atoms with Crippen LogP contribution in [0.4, 0.5) is 0 Å². The molecule has 0 bridgehead atoms. The van der Waals surface area contributed by atoms with Crippen LogP contribution >= 0.6 is 0 Å². The van der Waals surface area contributed by atoms with Gasteiger partial charge in [0, 0.05) is 0 Å². The van der Waals surface area contributed by atoms with Crippen LogP contribution < -0.4 is 0 Å². The van der Waals surface area contributed by atoms with Crippen LogP contribution in [0.25, 0.3) is 0 Å². The van der Waals surface area contributed by atoms with Gasteiger partial charge in [-0.05, 0) is 0 Å². The highest BCUT2D eigenvalue weighted by molar-refractivity contribution is 5.11. The molecular weight excluding hydrogens is 320 g/mol. The minimum Gasteiger partial charge on any atom is -0.394 e. The van der Waals surface area contributed by atoms with Crippen molar-refractivity contribution in [1.82, 2.24) is 0 Å². The maximum absolute atomic E-state index is 10.7. The van der Waals surface area contributed by atoms with E-state index in [1.165, 1.54) is 0 Å². The molecule has 23 heavy (non-hydrogen) atoms. The fraction of sp³-hybridized carbons (Fsp3) is 1.00. The summed E-state index contributed by atoms with van der Waals surface area (Å²) in [5.74, 6) is 0. The molecule has 0 aromatic carbocycles. The Labute approximate surface area is 130 Å². The minimum absolute atomic E-state index is 0.786. The molecule has 10 atom stereocenters. The van der Waals surface area contributed by atoms with Gasteiger partial charge in [-0.25, -0.2) is 0 Å². The lowest BCUT2D eigenvalue weighted by Crippen LogP contribution is -2.77. The van der Waals surface area contributed by atoms with E-state index in [-0.39, 0.29) is 0 Å². The van der Waals surface area contributed by atoms with Crippen molar-refractivity contribution in [1.29, 1.82) is 0 Å². The van der Waals surface area contributed by atoms with Crippen molar-refractivity contribution in [2.24, 2.45) is 0 Å². The third-order valence-electron chi connectivity index (χ3n) is 4.41. The summed E-state index contributed by atoms with van der Waals surface area (Å²) in [5.41, 5.74) is -2.75. The predicted molar refractivity (Wildman–Crippen MR) is 68.7 cm³/mol. The summed E-state index contributed by atoms with van der Waals surface area (Å²) in [6.07, 6.45) is -16.5. The van der Waals surface area contributed by atoms with E-state index in [2.05, 4.69) is 0 Å². The molecule has 0 aromatic rings. The van der Waals surface area contributed by atoms with Crippen LogP contribution in [0.3, 0.4) is 0 Å².